The fraction of sp³-hybridized carbons (Fsp3) is 0.562. The Hall–Kier alpha value is -1.15. The molecule has 1 aliphatic heterocycles. The van der Waals surface area contributed by atoms with Crippen LogP contribution in [0.2, 0.25) is 0 Å². The van der Waals surface area contributed by atoms with Crippen molar-refractivity contribution in [3.8, 4) is 0 Å². The highest BCUT2D eigenvalue weighted by atomic mass is 15.2. The highest BCUT2D eigenvalue weighted by Gasteiger charge is 2.31. The molecule has 2 heteroatoms. The Balaban J connectivity index is 2.66. The number of likely N-dealkylation sites (tertiary alicyclic amines) is 1. The van der Waals surface area contributed by atoms with E-state index in [1.165, 1.54) is 11.3 Å². The SMILES string of the molecule is C=CC=C(C=C)CN1CC(C)C(C(CC)=NC)C1. The number of allylic oxidation sites excluding steroid dienone is 2. The second-order valence-electron chi connectivity index (χ2n) is 5.03. The molecule has 1 aliphatic rings. The molecule has 0 N–H and O–H groups in total. The number of nitrogens with zero attached hydrogens (tertiary/aromatic N) is 2. The predicted molar refractivity (Wildman–Crippen MR) is 81.2 cm³/mol. The zero-order valence-corrected chi connectivity index (χ0v) is 12.0. The number of hydrogen-bond donors (Lipinski definition) is 0. The van der Waals surface area contributed by atoms with Crippen molar-refractivity contribution < 1.29 is 0 Å². The summed E-state index contributed by atoms with van der Waals surface area (Å²) in [4.78, 5) is 6.94. The van der Waals surface area contributed by atoms with Gasteiger partial charge in [0.25, 0.3) is 0 Å². The molecule has 0 aromatic heterocycles. The van der Waals surface area contributed by atoms with Crippen LogP contribution in [0.15, 0.2) is 42.0 Å². The van der Waals surface area contributed by atoms with Gasteiger partial charge in [-0.15, -0.1) is 0 Å². The van der Waals surface area contributed by atoms with Crippen molar-refractivity contribution in [1.29, 1.82) is 0 Å². The van der Waals surface area contributed by atoms with E-state index < -0.39 is 0 Å². The Labute approximate surface area is 112 Å². The Morgan fingerprint density at radius 1 is 1.39 bits per heavy atom. The molecule has 0 saturated carbocycles. The van der Waals surface area contributed by atoms with Crippen LogP contribution in [0.1, 0.15) is 20.3 Å². The van der Waals surface area contributed by atoms with Crippen LogP contribution in [0.5, 0.6) is 0 Å². The lowest BCUT2D eigenvalue weighted by atomic mass is 9.91. The molecule has 0 aliphatic carbocycles. The van der Waals surface area contributed by atoms with Crippen LogP contribution in [0.25, 0.3) is 0 Å². The van der Waals surface area contributed by atoms with E-state index in [9.17, 15) is 0 Å². The largest absolute Gasteiger partial charge is 0.298 e. The van der Waals surface area contributed by atoms with Crippen molar-refractivity contribution in [3.05, 3.63) is 37.0 Å². The van der Waals surface area contributed by atoms with Gasteiger partial charge in [-0.25, -0.2) is 0 Å². The molecule has 0 bridgehead atoms. The summed E-state index contributed by atoms with van der Waals surface area (Å²) in [6.07, 6.45) is 6.86. The molecular formula is C16H26N2. The first kappa shape index (κ1) is 14.9. The van der Waals surface area contributed by atoms with Crippen LogP contribution in [0.3, 0.4) is 0 Å². The smallest absolute Gasteiger partial charge is 0.0276 e. The third-order valence-corrected chi connectivity index (χ3v) is 3.77. The van der Waals surface area contributed by atoms with Crippen LogP contribution in [-0.4, -0.2) is 37.3 Å². The average Bonchev–Trinajstić information content (AvgIpc) is 2.72. The van der Waals surface area contributed by atoms with Gasteiger partial charge in [0, 0.05) is 38.3 Å². The average molecular weight is 246 g/mol. The molecule has 0 aromatic rings. The summed E-state index contributed by atoms with van der Waals surface area (Å²) in [5.41, 5.74) is 2.60. The molecule has 0 radical (unpaired) electrons. The number of hydrogen-bond acceptors (Lipinski definition) is 2. The van der Waals surface area contributed by atoms with Crippen LogP contribution in [0.4, 0.5) is 0 Å². The van der Waals surface area contributed by atoms with Gasteiger partial charge in [-0.3, -0.25) is 9.89 Å². The van der Waals surface area contributed by atoms with Crippen LogP contribution < -0.4 is 0 Å². The van der Waals surface area contributed by atoms with Gasteiger partial charge in [0.15, 0.2) is 0 Å². The van der Waals surface area contributed by atoms with Crippen molar-refractivity contribution in [2.24, 2.45) is 16.8 Å². The van der Waals surface area contributed by atoms with Crippen molar-refractivity contribution in [1.82, 2.24) is 4.90 Å². The van der Waals surface area contributed by atoms with Gasteiger partial charge in [-0.2, -0.15) is 0 Å². The fourth-order valence-corrected chi connectivity index (χ4v) is 2.81. The zero-order valence-electron chi connectivity index (χ0n) is 12.0. The lowest BCUT2D eigenvalue weighted by molar-refractivity contribution is 0.357. The third-order valence-electron chi connectivity index (χ3n) is 3.77. The van der Waals surface area contributed by atoms with Crippen LogP contribution in [0, 0.1) is 11.8 Å². The maximum atomic E-state index is 4.45. The van der Waals surface area contributed by atoms with Gasteiger partial charge in [0.2, 0.25) is 0 Å². The highest BCUT2D eigenvalue weighted by Crippen LogP contribution is 2.26. The molecule has 2 unspecified atom stereocenters. The molecule has 1 fully saturated rings. The Bertz CT molecular complexity index is 352. The van der Waals surface area contributed by atoms with Crippen LogP contribution in [-0.2, 0) is 0 Å². The molecule has 0 amide bonds. The van der Waals surface area contributed by atoms with Gasteiger partial charge in [-0.1, -0.05) is 45.2 Å². The minimum Gasteiger partial charge on any atom is -0.298 e. The number of aliphatic imine (C=N–C) groups is 1. The molecule has 2 atom stereocenters. The van der Waals surface area contributed by atoms with E-state index in [0.717, 1.165) is 26.1 Å². The molecule has 0 aromatic carbocycles. The molecule has 1 heterocycles. The summed E-state index contributed by atoms with van der Waals surface area (Å²) >= 11 is 0. The Morgan fingerprint density at radius 2 is 2.11 bits per heavy atom. The van der Waals surface area contributed by atoms with E-state index in [1.54, 1.807) is 0 Å². The monoisotopic (exact) mass is 246 g/mol. The normalized spacial score (nSPS) is 26.4. The maximum absolute atomic E-state index is 4.45. The van der Waals surface area contributed by atoms with Crippen molar-refractivity contribution >= 4 is 5.71 Å². The molecule has 0 spiro atoms. The van der Waals surface area contributed by atoms with Gasteiger partial charge in [-0.05, 0) is 17.9 Å². The van der Waals surface area contributed by atoms with Crippen LogP contribution >= 0.6 is 0 Å². The van der Waals surface area contributed by atoms with Crippen molar-refractivity contribution in [3.63, 3.8) is 0 Å². The van der Waals surface area contributed by atoms with Crippen molar-refractivity contribution in [2.45, 2.75) is 20.3 Å². The van der Waals surface area contributed by atoms with E-state index >= 15 is 0 Å². The molecule has 1 rings (SSSR count). The van der Waals surface area contributed by atoms with Gasteiger partial charge in [0.05, 0.1) is 0 Å². The van der Waals surface area contributed by atoms with E-state index in [4.69, 9.17) is 0 Å². The first-order chi connectivity index (χ1) is 8.65. The van der Waals surface area contributed by atoms with E-state index in [1.807, 2.05) is 25.3 Å². The maximum Gasteiger partial charge on any atom is 0.0276 e. The topological polar surface area (TPSA) is 15.6 Å². The standard InChI is InChI=1S/C16H26N2/c1-6-9-14(7-2)11-18-10-13(4)15(12-18)16(8-3)17-5/h6-7,9,13,15H,1-2,8,10-12H2,3-5H3. The molecule has 18 heavy (non-hydrogen) atoms. The molecule has 100 valence electrons. The summed E-state index contributed by atoms with van der Waals surface area (Å²) in [6, 6.07) is 0. The summed E-state index contributed by atoms with van der Waals surface area (Å²) in [5.74, 6) is 1.31. The summed E-state index contributed by atoms with van der Waals surface area (Å²) in [7, 11) is 1.92. The minimum atomic E-state index is 0.620. The summed E-state index contributed by atoms with van der Waals surface area (Å²) < 4.78 is 0. The van der Waals surface area contributed by atoms with E-state index in [0.29, 0.717) is 11.8 Å². The zero-order chi connectivity index (χ0) is 13.5. The fourth-order valence-electron chi connectivity index (χ4n) is 2.81. The first-order valence-corrected chi connectivity index (χ1v) is 6.78. The quantitative estimate of drug-likeness (QED) is 0.518. The van der Waals surface area contributed by atoms with Gasteiger partial charge < -0.3 is 0 Å². The Morgan fingerprint density at radius 3 is 2.61 bits per heavy atom. The second kappa shape index (κ2) is 7.32. The summed E-state index contributed by atoms with van der Waals surface area (Å²) in [6.45, 7) is 15.4. The third kappa shape index (κ3) is 3.67. The Kier molecular flexibility index (Phi) is 6.06. The highest BCUT2D eigenvalue weighted by molar-refractivity contribution is 5.87. The minimum absolute atomic E-state index is 0.620. The second-order valence-corrected chi connectivity index (χ2v) is 5.03. The lowest BCUT2D eigenvalue weighted by Crippen LogP contribution is -2.25. The lowest BCUT2D eigenvalue weighted by Gasteiger charge is -2.17. The van der Waals surface area contributed by atoms with E-state index in [2.05, 4.69) is 36.9 Å². The van der Waals surface area contributed by atoms with Gasteiger partial charge >= 0.3 is 0 Å². The molecule has 1 saturated heterocycles. The van der Waals surface area contributed by atoms with Crippen molar-refractivity contribution in [2.75, 3.05) is 26.7 Å². The molecular weight excluding hydrogens is 220 g/mol. The predicted octanol–water partition coefficient (Wildman–Crippen LogP) is 3.33. The first-order valence-electron chi connectivity index (χ1n) is 6.78. The van der Waals surface area contributed by atoms with Gasteiger partial charge in [0.1, 0.15) is 0 Å². The van der Waals surface area contributed by atoms with E-state index in [-0.39, 0.29) is 0 Å². The molecule has 2 nitrogen and oxygen atoms in total. The number of rotatable bonds is 6. The summed E-state index contributed by atoms with van der Waals surface area (Å²) in [5, 5.41) is 0.